The zero-order chi connectivity index (χ0) is 13.8. The largest absolute Gasteiger partial charge is 0.382 e. The monoisotopic (exact) mass is 278 g/mol. The molecule has 1 aliphatic heterocycles. The van der Waals surface area contributed by atoms with E-state index in [0.717, 1.165) is 0 Å². The summed E-state index contributed by atoms with van der Waals surface area (Å²) in [6.45, 7) is 4.66. The van der Waals surface area contributed by atoms with Crippen molar-refractivity contribution in [3.05, 3.63) is 0 Å². The number of sulfone groups is 1. The van der Waals surface area contributed by atoms with Crippen LogP contribution in [0.5, 0.6) is 0 Å². The lowest BCUT2D eigenvalue weighted by Crippen LogP contribution is -2.55. The number of rotatable bonds is 3. The van der Waals surface area contributed by atoms with Gasteiger partial charge >= 0.3 is 0 Å². The van der Waals surface area contributed by atoms with E-state index in [4.69, 9.17) is 10.6 Å². The third-order valence-electron chi connectivity index (χ3n) is 2.82. The highest BCUT2D eigenvalue weighted by Crippen LogP contribution is 2.11. The van der Waals surface area contributed by atoms with Crippen molar-refractivity contribution in [1.82, 2.24) is 10.3 Å². The van der Waals surface area contributed by atoms with Crippen LogP contribution >= 0.6 is 0 Å². The molecular weight excluding hydrogens is 256 g/mol. The molecule has 1 fully saturated rings. The minimum absolute atomic E-state index is 0.0354. The van der Waals surface area contributed by atoms with Gasteiger partial charge < -0.3 is 9.64 Å². The molecule has 0 aliphatic carbocycles. The number of nitrogens with two attached hydrogens (primary N) is 1. The van der Waals surface area contributed by atoms with Gasteiger partial charge in [0, 0.05) is 19.7 Å². The summed E-state index contributed by atoms with van der Waals surface area (Å²) in [6.07, 6.45) is 0. The smallest absolute Gasteiger partial charge is 0.209 e. The number of nitrogens with zero attached hydrogens (tertiary/aromatic N) is 2. The van der Waals surface area contributed by atoms with Gasteiger partial charge in [-0.25, -0.2) is 19.3 Å². The first-order chi connectivity index (χ1) is 8.39. The maximum atomic E-state index is 11.5. The number of guanidine groups is 1. The molecule has 0 radical (unpaired) electrons. The normalized spacial score (nSPS) is 25.9. The van der Waals surface area contributed by atoms with Crippen molar-refractivity contribution in [3.8, 4) is 0 Å². The van der Waals surface area contributed by atoms with Gasteiger partial charge in [0.1, 0.15) is 0 Å². The summed E-state index contributed by atoms with van der Waals surface area (Å²) in [5.74, 6) is 6.25. The van der Waals surface area contributed by atoms with Gasteiger partial charge in [-0.15, -0.1) is 0 Å². The Morgan fingerprint density at radius 2 is 2.33 bits per heavy atom. The van der Waals surface area contributed by atoms with Crippen molar-refractivity contribution in [2.24, 2.45) is 10.8 Å². The highest BCUT2D eigenvalue weighted by molar-refractivity contribution is 7.91. The fourth-order valence-corrected chi connectivity index (χ4v) is 3.55. The predicted molar refractivity (Wildman–Crippen MR) is 70.9 cm³/mol. The Hall–Kier alpha value is -0.860. The maximum Gasteiger partial charge on any atom is 0.209 e. The molecule has 0 amide bonds. The number of nitrogens with one attached hydrogen (secondary N) is 1. The zero-order valence-electron chi connectivity index (χ0n) is 11.1. The minimum atomic E-state index is -2.94. The first-order valence-electron chi connectivity index (χ1n) is 5.90. The summed E-state index contributed by atoms with van der Waals surface area (Å²) in [7, 11) is -1.33. The summed E-state index contributed by atoms with van der Waals surface area (Å²) >= 11 is 0. The van der Waals surface area contributed by atoms with E-state index >= 15 is 0 Å². The summed E-state index contributed by atoms with van der Waals surface area (Å²) in [5, 5.41) is 0. The molecule has 1 aliphatic rings. The summed E-state index contributed by atoms with van der Waals surface area (Å²) in [6, 6.07) is -0.167. The van der Waals surface area contributed by atoms with Crippen LogP contribution in [-0.2, 0) is 14.6 Å². The summed E-state index contributed by atoms with van der Waals surface area (Å²) in [4.78, 5) is 6.28. The second kappa shape index (κ2) is 6.35. The van der Waals surface area contributed by atoms with Gasteiger partial charge in [0.25, 0.3) is 0 Å². The van der Waals surface area contributed by atoms with Crippen LogP contribution in [0.15, 0.2) is 4.99 Å². The molecule has 0 aromatic heterocycles. The van der Waals surface area contributed by atoms with E-state index in [0.29, 0.717) is 19.1 Å². The van der Waals surface area contributed by atoms with Crippen LogP contribution in [0.2, 0.25) is 0 Å². The highest BCUT2D eigenvalue weighted by Gasteiger charge is 2.30. The van der Waals surface area contributed by atoms with Crippen molar-refractivity contribution in [3.63, 3.8) is 0 Å². The molecule has 1 rings (SSSR count). The number of ether oxygens (including phenoxy) is 1. The quantitative estimate of drug-likeness (QED) is 0.296. The van der Waals surface area contributed by atoms with E-state index in [-0.39, 0.29) is 23.6 Å². The topological polar surface area (TPSA) is 97.0 Å². The zero-order valence-corrected chi connectivity index (χ0v) is 11.9. The third kappa shape index (κ3) is 4.11. The number of hydrogen-bond donors (Lipinski definition) is 2. The molecule has 1 saturated heterocycles. The summed E-state index contributed by atoms with van der Waals surface area (Å²) in [5.41, 5.74) is 2.54. The van der Waals surface area contributed by atoms with E-state index in [1.165, 1.54) is 0 Å². The Kier molecular flexibility index (Phi) is 5.36. The van der Waals surface area contributed by atoms with Crippen LogP contribution in [0.3, 0.4) is 0 Å². The average molecular weight is 278 g/mol. The SMILES string of the molecule is COCC(C)N=C(NN)N1CCS(=O)(=O)CC1C. The Morgan fingerprint density at radius 3 is 2.83 bits per heavy atom. The molecule has 7 nitrogen and oxygen atoms in total. The molecule has 0 aromatic rings. The molecule has 3 N–H and O–H groups in total. The Labute approximate surface area is 108 Å². The first kappa shape index (κ1) is 15.2. The number of methoxy groups -OCH3 is 1. The van der Waals surface area contributed by atoms with Gasteiger partial charge in [-0.3, -0.25) is 5.43 Å². The molecule has 2 atom stereocenters. The minimum Gasteiger partial charge on any atom is -0.382 e. The van der Waals surface area contributed by atoms with Gasteiger partial charge in [0.15, 0.2) is 9.84 Å². The Balaban J connectivity index is 2.77. The fourth-order valence-electron chi connectivity index (χ4n) is 1.99. The van der Waals surface area contributed by atoms with Crippen LogP contribution in [0.4, 0.5) is 0 Å². The maximum absolute atomic E-state index is 11.5. The van der Waals surface area contributed by atoms with Crippen molar-refractivity contribution >= 4 is 15.8 Å². The molecule has 1 heterocycles. The highest BCUT2D eigenvalue weighted by atomic mass is 32.2. The van der Waals surface area contributed by atoms with Crippen LogP contribution in [0.1, 0.15) is 13.8 Å². The van der Waals surface area contributed by atoms with Crippen LogP contribution < -0.4 is 11.3 Å². The first-order valence-corrected chi connectivity index (χ1v) is 7.72. The number of hydrogen-bond acceptors (Lipinski definition) is 5. The fraction of sp³-hybridized carbons (Fsp3) is 0.900. The molecule has 8 heteroatoms. The number of aliphatic imine (C=N–C) groups is 1. The average Bonchev–Trinajstić information content (AvgIpc) is 2.26. The predicted octanol–water partition coefficient (Wildman–Crippen LogP) is -1.04. The van der Waals surface area contributed by atoms with Gasteiger partial charge in [0.05, 0.1) is 24.2 Å². The van der Waals surface area contributed by atoms with Crippen LogP contribution in [0.25, 0.3) is 0 Å². The molecule has 0 spiro atoms. The van der Waals surface area contributed by atoms with E-state index in [1.807, 2.05) is 18.7 Å². The van der Waals surface area contributed by atoms with E-state index in [1.54, 1.807) is 7.11 Å². The Morgan fingerprint density at radius 1 is 1.67 bits per heavy atom. The van der Waals surface area contributed by atoms with Gasteiger partial charge in [-0.05, 0) is 13.8 Å². The lowest BCUT2D eigenvalue weighted by atomic mass is 10.3. The van der Waals surface area contributed by atoms with Crippen molar-refractivity contribution in [1.29, 1.82) is 0 Å². The Bertz CT molecular complexity index is 396. The van der Waals surface area contributed by atoms with Gasteiger partial charge in [0.2, 0.25) is 5.96 Å². The molecule has 0 saturated carbocycles. The molecule has 0 bridgehead atoms. The van der Waals surface area contributed by atoms with Gasteiger partial charge in [-0.2, -0.15) is 0 Å². The van der Waals surface area contributed by atoms with E-state index < -0.39 is 9.84 Å². The molecule has 2 unspecified atom stereocenters. The third-order valence-corrected chi connectivity index (χ3v) is 4.62. The lowest BCUT2D eigenvalue weighted by Gasteiger charge is -2.35. The summed E-state index contributed by atoms with van der Waals surface area (Å²) < 4.78 is 28.0. The molecule has 106 valence electrons. The second-order valence-electron chi connectivity index (χ2n) is 4.56. The van der Waals surface area contributed by atoms with E-state index in [2.05, 4.69) is 10.4 Å². The van der Waals surface area contributed by atoms with Crippen LogP contribution in [0, 0.1) is 0 Å². The standard InChI is InChI=1S/C10H22N4O3S/c1-8(6-17-3)12-10(13-11)14-4-5-18(15,16)7-9(14)2/h8-9H,4-7,11H2,1-3H3,(H,12,13). The van der Waals surface area contributed by atoms with E-state index in [9.17, 15) is 8.42 Å². The molecule has 0 aromatic carbocycles. The van der Waals surface area contributed by atoms with Crippen LogP contribution in [-0.4, -0.2) is 63.1 Å². The van der Waals surface area contributed by atoms with Crippen molar-refractivity contribution in [2.75, 3.05) is 31.8 Å². The van der Waals surface area contributed by atoms with Gasteiger partial charge in [-0.1, -0.05) is 0 Å². The van der Waals surface area contributed by atoms with Crippen molar-refractivity contribution < 1.29 is 13.2 Å². The molecular formula is C10H22N4O3S. The second-order valence-corrected chi connectivity index (χ2v) is 6.79. The number of hydrazine groups is 1. The molecule has 18 heavy (non-hydrogen) atoms. The van der Waals surface area contributed by atoms with Crippen molar-refractivity contribution in [2.45, 2.75) is 25.9 Å². The lowest BCUT2D eigenvalue weighted by molar-refractivity contribution is 0.184.